The van der Waals surface area contributed by atoms with Gasteiger partial charge >= 0.3 is 0 Å². The van der Waals surface area contributed by atoms with Crippen molar-refractivity contribution in [3.63, 3.8) is 0 Å². The number of fused-ring (bicyclic) bond motifs is 4. The Bertz CT molecular complexity index is 4860. The quantitative estimate of drug-likeness (QED) is 0.0418. The largest absolute Gasteiger partial charge is 0.375 e. The zero-order valence-electron chi connectivity index (χ0n) is 54.3. The molecule has 0 radical (unpaired) electrons. The van der Waals surface area contributed by atoms with E-state index in [2.05, 4.69) is 40.2 Å². The van der Waals surface area contributed by atoms with Gasteiger partial charge in [0.05, 0.1) is 74.2 Å². The molecule has 0 bridgehead atoms. The number of ketones is 4. The van der Waals surface area contributed by atoms with Crippen molar-refractivity contribution in [2.45, 2.75) is 105 Å². The van der Waals surface area contributed by atoms with Crippen LogP contribution in [0.15, 0.2) is 158 Å². The Balaban J connectivity index is 0.000000129. The second-order valence-electron chi connectivity index (χ2n) is 26.0. The van der Waals surface area contributed by atoms with Crippen molar-refractivity contribution in [3.05, 3.63) is 265 Å². The lowest BCUT2D eigenvalue weighted by molar-refractivity contribution is -0.133. The van der Waals surface area contributed by atoms with Gasteiger partial charge in [-0.15, -0.1) is 0 Å². The molecule has 4 atom stereocenters. The third kappa shape index (κ3) is 14.6. The first-order chi connectivity index (χ1) is 48.8. The van der Waals surface area contributed by atoms with Crippen LogP contribution in [0.4, 0.5) is 27.1 Å². The molecule has 2 fully saturated rings. The van der Waals surface area contributed by atoms with Crippen molar-refractivity contribution in [2.75, 3.05) is 21.3 Å². The summed E-state index contributed by atoms with van der Waals surface area (Å²) in [4.78, 5) is 100. The number of nitrogens with one attached hydrogen (secondary N) is 4. The van der Waals surface area contributed by atoms with Crippen LogP contribution >= 0.6 is 92.8 Å². The number of carbonyl (C=O) groups is 8. The van der Waals surface area contributed by atoms with E-state index in [-0.39, 0.29) is 108 Å². The minimum atomic E-state index is -2.15. The van der Waals surface area contributed by atoms with E-state index < -0.39 is 89.1 Å². The fourth-order valence-electron chi connectivity index (χ4n) is 12.7. The van der Waals surface area contributed by atoms with E-state index >= 15 is 0 Å². The number of hydrogen-bond donors (Lipinski definition) is 8. The van der Waals surface area contributed by atoms with Gasteiger partial charge in [0, 0.05) is 77.0 Å². The Kier molecular flexibility index (Phi) is 21.1. The molecule has 4 amide bonds. The molecule has 27 heteroatoms. The number of Topliss-reactive ketones (excluding diaryl/α,β-unsaturated/α-hetero) is 4. The number of carbonyl (C=O) groups excluding carboxylic acids is 8. The molecule has 2 aliphatic carbocycles. The lowest BCUT2D eigenvalue weighted by Crippen LogP contribution is -2.36. The molecule has 1 aromatic heterocycles. The number of nitrogens with zero attached hydrogens (tertiary/aromatic N) is 2. The second kappa shape index (κ2) is 29.3. The molecular weight excluding hydrogens is 1490 g/mol. The summed E-state index contributed by atoms with van der Waals surface area (Å²) >= 11 is 48.9. The minimum absolute atomic E-state index is 0.0695. The molecule has 8 N–H and O–H groups in total. The third-order valence-electron chi connectivity index (χ3n) is 18.7. The van der Waals surface area contributed by atoms with Crippen LogP contribution in [0.5, 0.6) is 0 Å². The fraction of sp³-hybridized carbons (Fsp3) is 0.224. The first kappa shape index (κ1) is 74.3. The summed E-state index contributed by atoms with van der Waals surface area (Å²) in [5, 5.41) is 59.5. The van der Waals surface area contributed by atoms with Crippen LogP contribution in [0, 0.1) is 5.82 Å². The summed E-state index contributed by atoms with van der Waals surface area (Å²) in [7, 11) is 0. The van der Waals surface area contributed by atoms with E-state index in [0.29, 0.717) is 34.1 Å². The zero-order chi connectivity index (χ0) is 73.9. The molecular formula is C76H59Cl8FN6O12. The number of aromatic nitrogens is 2. The Labute approximate surface area is 628 Å². The lowest BCUT2D eigenvalue weighted by Gasteiger charge is -2.21. The van der Waals surface area contributed by atoms with Gasteiger partial charge < -0.3 is 41.7 Å². The highest BCUT2D eigenvalue weighted by Crippen LogP contribution is 2.51. The van der Waals surface area contributed by atoms with Gasteiger partial charge in [0.2, 0.25) is 0 Å². The molecule has 9 aromatic rings. The molecule has 18 nitrogen and oxygen atoms in total. The normalized spacial score (nSPS) is 20.1. The Morgan fingerprint density at radius 3 is 1.07 bits per heavy atom. The molecule has 15 rings (SSSR count). The van der Waals surface area contributed by atoms with Crippen molar-refractivity contribution in [1.82, 2.24) is 9.78 Å². The molecule has 0 spiro atoms. The van der Waals surface area contributed by atoms with E-state index in [9.17, 15) is 63.2 Å². The predicted molar refractivity (Wildman–Crippen MR) is 393 cm³/mol. The Morgan fingerprint density at radius 2 is 0.757 bits per heavy atom. The Hall–Kier alpha value is -8.38. The van der Waals surface area contributed by atoms with Crippen LogP contribution in [0.3, 0.4) is 0 Å². The Morgan fingerprint density at radius 1 is 0.447 bits per heavy atom. The summed E-state index contributed by atoms with van der Waals surface area (Å²) in [5.74, 6) is -3.83. The smallest absolute Gasteiger partial charge is 0.261 e. The number of halogens is 9. The monoisotopic (exact) mass is 1550 g/mol. The average molecular weight is 1550 g/mol. The number of hydrogen-bond acceptors (Lipinski definition) is 13. The van der Waals surface area contributed by atoms with E-state index in [1.165, 1.54) is 73.0 Å². The van der Waals surface area contributed by atoms with Crippen LogP contribution in [0.1, 0.15) is 163 Å². The SMILES string of the molecule is CC(C)c1ccc(C(=O)C[C@]2(O)C(=O)Nc3c(Cl)ccc(Cl)c32)cc1.O=C(C[C@@]1(O)C(=O)Nc2c(Cl)ccc(Cl)c21)c1ccc(-n2cccn2)cc1.O=C(C[C@@]1(O)C(=O)Nc2c(Cl)ccc(Cl)c21)c1ccc(C2CC2)c(F)c1.O=C(C[C@]1(O)C(=O)Nc2c(Cl)ccc(Cl)c21)c1ccc(C2CC2)cc1. The standard InChI is InChI=1S/C19H14Cl2FNO3.C19H13Cl2N3O3.C19H15Cl2NO3.C19H17Cl2NO3/c20-12-5-6-13(21)17-16(12)19(26,18(25)23-17)8-15(24)10-3-4-11(9-1-2-9)14(22)7-10;20-13-6-7-14(21)17-16(13)19(27,18(26)23-17)10-15(25)11-2-4-12(5-3-11)24-9-1-8-22-24;20-13-7-8-14(21)17-16(13)19(25,18(24)22-17)9-15(23)12-5-3-11(4-6-12)10-1-2-10;1-10(2)11-3-5-12(6-4-11)15(23)9-19(25)16-13(20)7-8-14(21)17(16)22-18(19)24/h3-7,9,26H,1-2,8H2,(H,23,25);1-9,27H,10H2,(H,23,26);3-8,10,25H,1-2,9H2,(H,22,24);3-8,10,25H,9H2,1-2H3,(H,22,24)/t4*19-/m0011/s1. The van der Waals surface area contributed by atoms with Gasteiger partial charge in [0.1, 0.15) is 5.82 Å². The van der Waals surface area contributed by atoms with Crippen LogP contribution in [0.25, 0.3) is 5.69 Å². The van der Waals surface area contributed by atoms with Gasteiger partial charge in [0.15, 0.2) is 45.5 Å². The maximum Gasteiger partial charge on any atom is 0.261 e. The average Bonchev–Trinajstić information content (AvgIpc) is 1.61. The van der Waals surface area contributed by atoms with Crippen LogP contribution < -0.4 is 21.3 Å². The highest BCUT2D eigenvalue weighted by molar-refractivity contribution is 6.41. The van der Waals surface area contributed by atoms with Crippen LogP contribution in [0.2, 0.25) is 40.2 Å². The first-order valence-electron chi connectivity index (χ1n) is 32.2. The molecule has 0 saturated heterocycles. The van der Waals surface area contributed by atoms with Gasteiger partial charge in [-0.1, -0.05) is 167 Å². The van der Waals surface area contributed by atoms with Crippen LogP contribution in [-0.4, -0.2) is 77.0 Å². The number of rotatable bonds is 16. The minimum Gasteiger partial charge on any atom is -0.375 e. The summed E-state index contributed by atoms with van der Waals surface area (Å²) in [6, 6.07) is 39.3. The molecule has 103 heavy (non-hydrogen) atoms. The summed E-state index contributed by atoms with van der Waals surface area (Å²) < 4.78 is 15.9. The fourth-order valence-corrected chi connectivity index (χ4v) is 14.8. The molecule has 4 aliphatic heterocycles. The zero-order valence-corrected chi connectivity index (χ0v) is 60.3. The number of amides is 4. The molecule has 6 aliphatic rings. The third-order valence-corrected chi connectivity index (χ3v) is 21.2. The van der Waals surface area contributed by atoms with Crippen molar-refractivity contribution < 1.29 is 63.2 Å². The molecule has 528 valence electrons. The van der Waals surface area contributed by atoms with E-state index in [1.807, 2.05) is 24.3 Å². The van der Waals surface area contributed by atoms with E-state index in [0.717, 1.165) is 30.2 Å². The summed E-state index contributed by atoms with van der Waals surface area (Å²) in [6.07, 6.45) is 5.88. The molecule has 8 aromatic carbocycles. The maximum absolute atomic E-state index is 14.2. The van der Waals surface area contributed by atoms with E-state index in [4.69, 9.17) is 92.8 Å². The molecule has 0 unspecified atom stereocenters. The van der Waals surface area contributed by atoms with Crippen molar-refractivity contribution in [1.29, 1.82) is 0 Å². The topological polar surface area (TPSA) is 283 Å². The van der Waals surface area contributed by atoms with Gasteiger partial charge in [0.25, 0.3) is 23.6 Å². The number of benzene rings is 8. The summed E-state index contributed by atoms with van der Waals surface area (Å²) in [5.41, 5.74) is -1.79. The molecule has 2 saturated carbocycles. The van der Waals surface area contributed by atoms with Gasteiger partial charge in [-0.25, -0.2) is 9.07 Å². The van der Waals surface area contributed by atoms with Crippen LogP contribution in [-0.2, 0) is 41.6 Å². The highest BCUT2D eigenvalue weighted by atomic mass is 35.5. The predicted octanol–water partition coefficient (Wildman–Crippen LogP) is 16.8. The number of aliphatic hydroxyl groups is 4. The molecule has 5 heterocycles. The van der Waals surface area contributed by atoms with Crippen molar-refractivity contribution >= 4 is 162 Å². The van der Waals surface area contributed by atoms with Gasteiger partial charge in [-0.2, -0.15) is 5.10 Å². The highest BCUT2D eigenvalue weighted by Gasteiger charge is 2.53. The van der Waals surface area contributed by atoms with Gasteiger partial charge in [-0.3, -0.25) is 38.4 Å². The summed E-state index contributed by atoms with van der Waals surface area (Å²) in [6.45, 7) is 4.12. The van der Waals surface area contributed by atoms with E-state index in [1.54, 1.807) is 77.7 Å². The second-order valence-corrected chi connectivity index (χ2v) is 29.2. The van der Waals surface area contributed by atoms with Crippen molar-refractivity contribution in [2.24, 2.45) is 0 Å². The first-order valence-corrected chi connectivity index (χ1v) is 35.2. The lowest BCUT2D eigenvalue weighted by atomic mass is 9.87. The van der Waals surface area contributed by atoms with Gasteiger partial charge in [-0.05, 0) is 145 Å². The number of anilines is 4. The van der Waals surface area contributed by atoms with Crippen molar-refractivity contribution in [3.8, 4) is 5.69 Å². The maximum atomic E-state index is 14.2.